The van der Waals surface area contributed by atoms with Crippen molar-refractivity contribution in [3.05, 3.63) is 71.7 Å². The van der Waals surface area contributed by atoms with Crippen molar-refractivity contribution >= 4 is 11.9 Å². The number of benzene rings is 1. The summed E-state index contributed by atoms with van der Waals surface area (Å²) in [5.74, 6) is -0.863. The Hall–Kier alpha value is -4.14. The first-order valence-electron chi connectivity index (χ1n) is 8.78. The van der Waals surface area contributed by atoms with Crippen molar-refractivity contribution in [2.75, 3.05) is 5.73 Å². The maximum Gasteiger partial charge on any atom is 0.335 e. The van der Waals surface area contributed by atoms with Crippen LogP contribution in [0.25, 0.3) is 22.6 Å². The van der Waals surface area contributed by atoms with Crippen LogP contribution in [-0.2, 0) is 6.54 Å². The summed E-state index contributed by atoms with van der Waals surface area (Å²) in [4.78, 5) is 23.9. The minimum atomic E-state index is -1.01. The fourth-order valence-electron chi connectivity index (χ4n) is 2.91. The molecule has 0 atom stereocenters. The lowest BCUT2D eigenvalue weighted by molar-refractivity contribution is 0.0696. The van der Waals surface area contributed by atoms with Crippen LogP contribution in [0.5, 0.6) is 0 Å². The van der Waals surface area contributed by atoms with Crippen LogP contribution >= 0.6 is 0 Å². The van der Waals surface area contributed by atoms with Crippen LogP contribution in [0, 0.1) is 6.92 Å². The van der Waals surface area contributed by atoms with Crippen molar-refractivity contribution in [2.24, 2.45) is 0 Å². The van der Waals surface area contributed by atoms with Crippen molar-refractivity contribution in [3.63, 3.8) is 0 Å². The first kappa shape index (κ1) is 18.2. The van der Waals surface area contributed by atoms with Gasteiger partial charge in [-0.25, -0.2) is 19.4 Å². The van der Waals surface area contributed by atoms with Gasteiger partial charge in [-0.3, -0.25) is 4.98 Å². The van der Waals surface area contributed by atoms with Crippen molar-refractivity contribution < 1.29 is 9.90 Å². The average Bonchev–Trinajstić information content (AvgIpc) is 3.16. The van der Waals surface area contributed by atoms with E-state index >= 15 is 0 Å². The first-order valence-corrected chi connectivity index (χ1v) is 8.78. The summed E-state index contributed by atoms with van der Waals surface area (Å²) in [5.41, 5.74) is 10.5. The molecule has 0 bridgehead atoms. The summed E-state index contributed by atoms with van der Waals surface area (Å²) in [6.45, 7) is 2.29. The van der Waals surface area contributed by atoms with Gasteiger partial charge in [0.1, 0.15) is 5.69 Å². The molecule has 3 N–H and O–H groups in total. The van der Waals surface area contributed by atoms with Crippen LogP contribution in [0.15, 0.2) is 54.9 Å². The van der Waals surface area contributed by atoms with E-state index in [1.807, 2.05) is 37.3 Å². The lowest BCUT2D eigenvalue weighted by Crippen LogP contribution is -2.05. The molecule has 9 heteroatoms. The number of aryl methyl sites for hydroxylation is 1. The Balaban J connectivity index is 1.63. The first-order chi connectivity index (χ1) is 14.0. The number of nitrogen functional groups attached to an aromatic ring is 1. The topological polar surface area (TPSA) is 133 Å². The van der Waals surface area contributed by atoms with Gasteiger partial charge in [-0.15, -0.1) is 5.10 Å². The summed E-state index contributed by atoms with van der Waals surface area (Å²) in [6, 6.07) is 12.7. The van der Waals surface area contributed by atoms with E-state index in [4.69, 9.17) is 10.8 Å². The molecule has 0 radical (unpaired) electrons. The molecule has 0 aliphatic heterocycles. The van der Waals surface area contributed by atoms with Gasteiger partial charge >= 0.3 is 5.97 Å². The normalized spacial score (nSPS) is 10.8. The van der Waals surface area contributed by atoms with Crippen LogP contribution < -0.4 is 5.73 Å². The van der Waals surface area contributed by atoms with E-state index in [1.165, 1.54) is 18.3 Å². The predicted octanol–water partition coefficient (Wildman–Crippen LogP) is 2.43. The molecule has 4 rings (SSSR count). The highest BCUT2D eigenvalue weighted by molar-refractivity contribution is 5.87. The van der Waals surface area contributed by atoms with Crippen LogP contribution in [0.4, 0.5) is 5.95 Å². The van der Waals surface area contributed by atoms with Gasteiger partial charge in [0.15, 0.2) is 0 Å². The molecule has 144 valence electrons. The van der Waals surface area contributed by atoms with Gasteiger partial charge in [0.25, 0.3) is 0 Å². The highest BCUT2D eigenvalue weighted by atomic mass is 16.4. The predicted molar refractivity (Wildman–Crippen MR) is 106 cm³/mol. The van der Waals surface area contributed by atoms with E-state index in [-0.39, 0.29) is 18.1 Å². The molecule has 0 spiro atoms. The Morgan fingerprint density at radius 2 is 1.93 bits per heavy atom. The summed E-state index contributed by atoms with van der Waals surface area (Å²) in [7, 11) is 0. The SMILES string of the molecule is Cc1cccc(-c2cc(-c3cn(Cc4cc(C(=O)O)ccn4)nn3)nc(N)n2)c1. The Labute approximate surface area is 165 Å². The number of nitrogens with zero attached hydrogens (tertiary/aromatic N) is 6. The number of rotatable bonds is 5. The largest absolute Gasteiger partial charge is 0.478 e. The quantitative estimate of drug-likeness (QED) is 0.533. The second kappa shape index (κ2) is 7.47. The van der Waals surface area contributed by atoms with Gasteiger partial charge in [-0.2, -0.15) is 0 Å². The molecular formula is C20H17N7O2. The maximum absolute atomic E-state index is 11.1. The third kappa shape index (κ3) is 4.08. The summed E-state index contributed by atoms with van der Waals surface area (Å²) in [6.07, 6.45) is 3.16. The fraction of sp³-hybridized carbons (Fsp3) is 0.100. The third-order valence-electron chi connectivity index (χ3n) is 4.25. The second-order valence-electron chi connectivity index (χ2n) is 6.51. The number of hydrogen-bond donors (Lipinski definition) is 2. The zero-order valence-corrected chi connectivity index (χ0v) is 15.5. The second-order valence-corrected chi connectivity index (χ2v) is 6.51. The van der Waals surface area contributed by atoms with Gasteiger partial charge in [0.2, 0.25) is 5.95 Å². The van der Waals surface area contributed by atoms with Crippen LogP contribution in [0.1, 0.15) is 21.6 Å². The minimum absolute atomic E-state index is 0.143. The Bertz CT molecular complexity index is 1200. The number of carboxylic acid groups (broad SMARTS) is 1. The Morgan fingerprint density at radius 3 is 2.72 bits per heavy atom. The number of carbonyl (C=O) groups is 1. The van der Waals surface area contributed by atoms with Crippen molar-refractivity contribution in [2.45, 2.75) is 13.5 Å². The molecule has 0 aliphatic carbocycles. The smallest absolute Gasteiger partial charge is 0.335 e. The van der Waals surface area contributed by atoms with Crippen LogP contribution in [0.2, 0.25) is 0 Å². The molecule has 0 saturated carbocycles. The van der Waals surface area contributed by atoms with Gasteiger partial charge < -0.3 is 10.8 Å². The van der Waals surface area contributed by atoms with Crippen molar-refractivity contribution in [1.29, 1.82) is 0 Å². The monoisotopic (exact) mass is 387 g/mol. The number of pyridine rings is 1. The van der Waals surface area contributed by atoms with Crippen LogP contribution in [-0.4, -0.2) is 41.0 Å². The fourth-order valence-corrected chi connectivity index (χ4v) is 2.91. The number of anilines is 1. The van der Waals surface area contributed by atoms with E-state index in [9.17, 15) is 4.79 Å². The molecule has 29 heavy (non-hydrogen) atoms. The lowest BCUT2D eigenvalue weighted by atomic mass is 10.1. The zero-order chi connectivity index (χ0) is 20.4. The maximum atomic E-state index is 11.1. The van der Waals surface area contributed by atoms with Crippen molar-refractivity contribution in [1.82, 2.24) is 29.9 Å². The molecule has 1 aromatic carbocycles. The van der Waals surface area contributed by atoms with Gasteiger partial charge in [-0.1, -0.05) is 29.0 Å². The van der Waals surface area contributed by atoms with E-state index < -0.39 is 5.97 Å². The molecule has 9 nitrogen and oxygen atoms in total. The summed E-state index contributed by atoms with van der Waals surface area (Å²) >= 11 is 0. The Kier molecular flexibility index (Phi) is 4.70. The van der Waals surface area contributed by atoms with Gasteiger partial charge in [0.05, 0.1) is 35.4 Å². The minimum Gasteiger partial charge on any atom is -0.478 e. The van der Waals surface area contributed by atoms with Crippen LogP contribution in [0.3, 0.4) is 0 Å². The molecular weight excluding hydrogens is 370 g/mol. The number of hydrogen-bond acceptors (Lipinski definition) is 7. The van der Waals surface area contributed by atoms with Gasteiger partial charge in [0, 0.05) is 11.8 Å². The summed E-state index contributed by atoms with van der Waals surface area (Å²) in [5, 5.41) is 17.3. The van der Waals surface area contributed by atoms with Gasteiger partial charge in [-0.05, 0) is 31.2 Å². The molecule has 3 heterocycles. The van der Waals surface area contributed by atoms with E-state index in [2.05, 4.69) is 25.3 Å². The molecule has 3 aromatic heterocycles. The van der Waals surface area contributed by atoms with E-state index in [1.54, 1.807) is 10.9 Å². The summed E-state index contributed by atoms with van der Waals surface area (Å²) < 4.78 is 1.56. The molecule has 0 amide bonds. The number of aromatic nitrogens is 6. The lowest BCUT2D eigenvalue weighted by Gasteiger charge is -2.05. The Morgan fingerprint density at radius 1 is 1.10 bits per heavy atom. The number of aromatic carboxylic acids is 1. The number of nitrogens with two attached hydrogens (primary N) is 1. The third-order valence-corrected chi connectivity index (χ3v) is 4.25. The van der Waals surface area contributed by atoms with E-state index in [0.717, 1.165) is 11.1 Å². The highest BCUT2D eigenvalue weighted by Gasteiger charge is 2.12. The average molecular weight is 387 g/mol. The van der Waals surface area contributed by atoms with Crippen molar-refractivity contribution in [3.8, 4) is 22.6 Å². The highest BCUT2D eigenvalue weighted by Crippen LogP contribution is 2.24. The van der Waals surface area contributed by atoms with E-state index in [0.29, 0.717) is 22.8 Å². The molecule has 0 aliphatic rings. The number of carboxylic acids is 1. The molecule has 0 unspecified atom stereocenters. The molecule has 0 fully saturated rings. The standard InChI is InChI=1S/C20H17N7O2/c1-12-3-2-4-13(7-12)16-9-17(24-20(21)23-16)18-11-27(26-25-18)10-15-8-14(19(28)29)5-6-22-15/h2-9,11H,10H2,1H3,(H,28,29)(H2,21,23,24). The molecule has 4 aromatic rings. The zero-order valence-electron chi connectivity index (χ0n) is 15.5. The molecule has 0 saturated heterocycles.